The predicted octanol–water partition coefficient (Wildman–Crippen LogP) is 2.54. The summed E-state index contributed by atoms with van der Waals surface area (Å²) in [5, 5.41) is 7.40. The lowest BCUT2D eigenvalue weighted by Gasteiger charge is -2.02. The Morgan fingerprint density at radius 1 is 1.28 bits per heavy atom. The summed E-state index contributed by atoms with van der Waals surface area (Å²) in [6, 6.07) is 6.29. The molecule has 3 rings (SSSR count). The first-order chi connectivity index (χ1) is 11.8. The van der Waals surface area contributed by atoms with Crippen LogP contribution >= 0.6 is 0 Å². The van der Waals surface area contributed by atoms with Gasteiger partial charge < -0.3 is 15.0 Å². The summed E-state index contributed by atoms with van der Waals surface area (Å²) < 4.78 is 47.8. The maximum absolute atomic E-state index is 12.5. The fourth-order valence-electron chi connectivity index (χ4n) is 1.95. The Labute approximate surface area is 138 Å². The molecule has 130 valence electrons. The number of amides is 1. The molecule has 2 N–H and O–H groups in total. The van der Waals surface area contributed by atoms with Crippen molar-refractivity contribution in [2.45, 2.75) is 12.8 Å². The maximum Gasteiger partial charge on any atom is 0.471 e. The van der Waals surface area contributed by atoms with Gasteiger partial charge in [-0.25, -0.2) is 9.48 Å². The second-order valence-electron chi connectivity index (χ2n) is 4.87. The monoisotopic (exact) mass is 353 g/mol. The van der Waals surface area contributed by atoms with E-state index >= 15 is 0 Å². The number of alkyl halides is 3. The third kappa shape index (κ3) is 3.76. The Kier molecular flexibility index (Phi) is 4.13. The van der Waals surface area contributed by atoms with Crippen molar-refractivity contribution in [3.63, 3.8) is 0 Å². The van der Waals surface area contributed by atoms with Gasteiger partial charge in [-0.15, -0.1) is 0 Å². The summed E-state index contributed by atoms with van der Waals surface area (Å²) in [4.78, 5) is 13.9. The van der Waals surface area contributed by atoms with E-state index < -0.39 is 18.2 Å². The molecule has 2 aromatic heterocycles. The summed E-state index contributed by atoms with van der Waals surface area (Å²) in [5.74, 6) is -1.58. The third-order valence-electron chi connectivity index (χ3n) is 3.08. The zero-order valence-electron chi connectivity index (χ0n) is 12.4. The average Bonchev–Trinajstić information content (AvgIpc) is 3.22. The predicted molar refractivity (Wildman–Crippen MR) is 76.2 cm³/mol. The van der Waals surface area contributed by atoms with E-state index in [1.54, 1.807) is 18.3 Å². The number of nitrogens with two attached hydrogens (primary N) is 1. The Morgan fingerprint density at radius 3 is 2.60 bits per heavy atom. The second kappa shape index (κ2) is 6.26. The van der Waals surface area contributed by atoms with Crippen LogP contribution in [0.4, 0.5) is 18.0 Å². The molecule has 0 saturated carbocycles. The van der Waals surface area contributed by atoms with Gasteiger partial charge in [0.2, 0.25) is 5.82 Å². The van der Waals surface area contributed by atoms with Gasteiger partial charge in [-0.05, 0) is 24.3 Å². The lowest BCUT2D eigenvalue weighted by molar-refractivity contribution is -0.159. The van der Waals surface area contributed by atoms with E-state index in [2.05, 4.69) is 24.5 Å². The van der Waals surface area contributed by atoms with E-state index in [0.717, 1.165) is 0 Å². The zero-order chi connectivity index (χ0) is 18.0. The topological polar surface area (TPSA) is 109 Å². The number of primary amides is 1. The first-order valence-corrected chi connectivity index (χ1v) is 6.80. The molecule has 0 atom stereocenters. The number of hydrogen-bond donors (Lipinski definition) is 1. The van der Waals surface area contributed by atoms with E-state index in [0.29, 0.717) is 16.8 Å². The molecule has 3 aromatic rings. The summed E-state index contributed by atoms with van der Waals surface area (Å²) in [5.41, 5.74) is 6.49. The first-order valence-electron chi connectivity index (χ1n) is 6.80. The lowest BCUT2D eigenvalue weighted by atomic mass is 10.2. The molecule has 0 bridgehead atoms. The molecule has 1 aromatic carbocycles. The number of carbonyl (C=O) groups excluding carboxylic acids is 1. The fraction of sp³-hybridized carbons (Fsp3) is 0.143. The van der Waals surface area contributed by atoms with Gasteiger partial charge in [-0.2, -0.15) is 23.3 Å². The van der Waals surface area contributed by atoms with E-state index in [4.69, 9.17) is 5.73 Å². The van der Waals surface area contributed by atoms with Gasteiger partial charge in [0, 0.05) is 17.3 Å². The van der Waals surface area contributed by atoms with Crippen LogP contribution in [-0.4, -0.2) is 26.0 Å². The van der Waals surface area contributed by atoms with Crippen molar-refractivity contribution in [1.82, 2.24) is 19.9 Å². The van der Waals surface area contributed by atoms with E-state index in [9.17, 15) is 18.0 Å². The standard InChI is InChI=1S/C14H10F3N5O3/c15-14(16,17)12-20-11(21-25-12)9-1-3-10(4-2-9)22-6-8(5-19-22)7-24-13(18)23/h1-6H,7H2,(H2,18,23). The SMILES string of the molecule is NC(=O)OCc1cnn(-c2ccc(-c3noc(C(F)(F)F)n3)cc2)c1. The van der Waals surface area contributed by atoms with Crippen molar-refractivity contribution in [3.05, 3.63) is 48.1 Å². The number of nitrogens with zero attached hydrogens (tertiary/aromatic N) is 4. The van der Waals surface area contributed by atoms with Crippen molar-refractivity contribution >= 4 is 6.09 Å². The molecular formula is C14H10F3N5O3. The number of aromatic nitrogens is 4. The Bertz CT molecular complexity index is 886. The number of benzene rings is 1. The quantitative estimate of drug-likeness (QED) is 0.772. The van der Waals surface area contributed by atoms with Crippen molar-refractivity contribution in [3.8, 4) is 17.1 Å². The van der Waals surface area contributed by atoms with Gasteiger partial charge in [0.25, 0.3) is 0 Å². The van der Waals surface area contributed by atoms with Gasteiger partial charge in [0.05, 0.1) is 11.9 Å². The molecule has 25 heavy (non-hydrogen) atoms. The zero-order valence-corrected chi connectivity index (χ0v) is 12.4. The van der Waals surface area contributed by atoms with Crippen LogP contribution in [0.3, 0.4) is 0 Å². The molecule has 0 spiro atoms. The molecule has 11 heteroatoms. The highest BCUT2D eigenvalue weighted by atomic mass is 19.4. The highest BCUT2D eigenvalue weighted by Gasteiger charge is 2.38. The van der Waals surface area contributed by atoms with Gasteiger partial charge in [0.15, 0.2) is 0 Å². The number of halogens is 3. The van der Waals surface area contributed by atoms with E-state index in [1.807, 2.05) is 0 Å². The maximum atomic E-state index is 12.5. The normalized spacial score (nSPS) is 11.5. The number of carbonyl (C=O) groups is 1. The van der Waals surface area contributed by atoms with Gasteiger partial charge >= 0.3 is 18.2 Å². The minimum Gasteiger partial charge on any atom is -0.445 e. The smallest absolute Gasteiger partial charge is 0.445 e. The Morgan fingerprint density at radius 2 is 2.00 bits per heavy atom. The minimum absolute atomic E-state index is 0.0174. The molecule has 0 aliphatic carbocycles. The fourth-order valence-corrected chi connectivity index (χ4v) is 1.95. The molecule has 0 radical (unpaired) electrons. The van der Waals surface area contributed by atoms with Crippen LogP contribution in [0, 0.1) is 0 Å². The Balaban J connectivity index is 1.76. The van der Waals surface area contributed by atoms with Crippen LogP contribution in [0.25, 0.3) is 17.1 Å². The van der Waals surface area contributed by atoms with Crippen LogP contribution in [-0.2, 0) is 17.5 Å². The lowest BCUT2D eigenvalue weighted by Crippen LogP contribution is -2.12. The summed E-state index contributed by atoms with van der Waals surface area (Å²) in [6.07, 6.45) is -2.47. The molecule has 2 heterocycles. The highest BCUT2D eigenvalue weighted by molar-refractivity contribution is 5.64. The van der Waals surface area contributed by atoms with Gasteiger partial charge in [-0.3, -0.25) is 0 Å². The van der Waals surface area contributed by atoms with Crippen molar-refractivity contribution < 1.29 is 27.2 Å². The summed E-state index contributed by atoms with van der Waals surface area (Å²) in [7, 11) is 0. The van der Waals surface area contributed by atoms with Crippen LogP contribution in [0.1, 0.15) is 11.5 Å². The second-order valence-corrected chi connectivity index (χ2v) is 4.87. The summed E-state index contributed by atoms with van der Waals surface area (Å²) >= 11 is 0. The molecule has 0 fully saturated rings. The molecule has 1 amide bonds. The number of ether oxygens (including phenoxy) is 1. The van der Waals surface area contributed by atoms with E-state index in [1.165, 1.54) is 23.0 Å². The minimum atomic E-state index is -4.69. The Hall–Kier alpha value is -3.37. The van der Waals surface area contributed by atoms with Crippen molar-refractivity contribution in [2.24, 2.45) is 5.73 Å². The molecule has 0 aliphatic rings. The average molecular weight is 353 g/mol. The molecule has 0 aliphatic heterocycles. The molecular weight excluding hydrogens is 343 g/mol. The number of rotatable bonds is 4. The van der Waals surface area contributed by atoms with Crippen LogP contribution in [0.2, 0.25) is 0 Å². The van der Waals surface area contributed by atoms with Crippen LogP contribution in [0.5, 0.6) is 0 Å². The largest absolute Gasteiger partial charge is 0.471 e. The summed E-state index contributed by atoms with van der Waals surface area (Å²) in [6.45, 7) is -0.0174. The van der Waals surface area contributed by atoms with Crippen molar-refractivity contribution in [2.75, 3.05) is 0 Å². The van der Waals surface area contributed by atoms with Gasteiger partial charge in [-0.1, -0.05) is 5.16 Å². The highest BCUT2D eigenvalue weighted by Crippen LogP contribution is 2.29. The number of hydrogen-bond acceptors (Lipinski definition) is 6. The molecule has 0 saturated heterocycles. The van der Waals surface area contributed by atoms with Crippen molar-refractivity contribution in [1.29, 1.82) is 0 Å². The van der Waals surface area contributed by atoms with Gasteiger partial charge in [0.1, 0.15) is 6.61 Å². The molecule has 8 nitrogen and oxygen atoms in total. The van der Waals surface area contributed by atoms with E-state index in [-0.39, 0.29) is 12.4 Å². The van der Waals surface area contributed by atoms with Crippen LogP contribution < -0.4 is 5.73 Å². The first kappa shape index (κ1) is 16.5. The van der Waals surface area contributed by atoms with Crippen LogP contribution in [0.15, 0.2) is 41.2 Å². The third-order valence-corrected chi connectivity index (χ3v) is 3.08. The molecule has 0 unspecified atom stereocenters.